The number of amides is 2. The Bertz CT molecular complexity index is 837. The lowest BCUT2D eigenvalue weighted by atomic mass is 9.97. The van der Waals surface area contributed by atoms with Crippen LogP contribution in [0, 0.1) is 5.92 Å². The molecule has 0 bridgehead atoms. The number of aromatic nitrogens is 2. The summed E-state index contributed by atoms with van der Waals surface area (Å²) in [5.74, 6) is -0.278. The average molecular weight is 404 g/mol. The van der Waals surface area contributed by atoms with E-state index in [4.69, 9.17) is 10.7 Å². The Labute approximate surface area is 169 Å². The van der Waals surface area contributed by atoms with Crippen molar-refractivity contribution in [2.45, 2.75) is 51.5 Å². The highest BCUT2D eigenvalue weighted by Crippen LogP contribution is 2.24. The lowest BCUT2D eigenvalue weighted by Crippen LogP contribution is -2.41. The van der Waals surface area contributed by atoms with Crippen molar-refractivity contribution >= 4 is 28.1 Å². The van der Waals surface area contributed by atoms with Crippen LogP contribution in [0.2, 0.25) is 0 Å². The van der Waals surface area contributed by atoms with Crippen molar-refractivity contribution in [2.75, 3.05) is 26.2 Å². The molecule has 1 atom stereocenters. The maximum absolute atomic E-state index is 13.3. The molecule has 4 rings (SSSR count). The predicted octanol–water partition coefficient (Wildman–Crippen LogP) is 2.50. The summed E-state index contributed by atoms with van der Waals surface area (Å²) in [7, 11) is 0. The predicted molar refractivity (Wildman–Crippen MR) is 109 cm³/mol. The van der Waals surface area contributed by atoms with Gasteiger partial charge in [0.25, 0.3) is 5.91 Å². The molecule has 4 heterocycles. The highest BCUT2D eigenvalue weighted by atomic mass is 32.1. The van der Waals surface area contributed by atoms with Crippen molar-refractivity contribution in [1.29, 1.82) is 0 Å². The first-order valence-electron chi connectivity index (χ1n) is 10.4. The number of hydrogen-bond donors (Lipinski definition) is 1. The summed E-state index contributed by atoms with van der Waals surface area (Å²) in [5, 5.41) is 2.00. The summed E-state index contributed by atoms with van der Waals surface area (Å²) >= 11 is 1.55. The second kappa shape index (κ2) is 8.61. The van der Waals surface area contributed by atoms with E-state index in [1.165, 1.54) is 19.3 Å². The first-order valence-corrected chi connectivity index (χ1v) is 11.3. The number of nitrogens with zero attached hydrogens (tertiary/aromatic N) is 4. The molecule has 0 aromatic carbocycles. The summed E-state index contributed by atoms with van der Waals surface area (Å²) < 4.78 is 2.04. The third kappa shape index (κ3) is 4.07. The van der Waals surface area contributed by atoms with Gasteiger partial charge in [-0.1, -0.05) is 19.3 Å². The van der Waals surface area contributed by atoms with Crippen molar-refractivity contribution in [2.24, 2.45) is 11.7 Å². The Kier molecular flexibility index (Phi) is 5.96. The third-order valence-corrected chi connectivity index (χ3v) is 6.74. The number of primary amides is 1. The summed E-state index contributed by atoms with van der Waals surface area (Å²) in [6.45, 7) is 3.83. The Hall–Kier alpha value is -1.93. The van der Waals surface area contributed by atoms with E-state index < -0.39 is 0 Å². The molecule has 8 heteroatoms. The molecule has 2 amide bonds. The fraction of sp³-hybridized carbons (Fsp3) is 0.650. The molecule has 7 nitrogen and oxygen atoms in total. The molecule has 0 spiro atoms. The van der Waals surface area contributed by atoms with Gasteiger partial charge in [0, 0.05) is 37.8 Å². The third-order valence-electron chi connectivity index (χ3n) is 5.99. The van der Waals surface area contributed by atoms with E-state index in [0.29, 0.717) is 18.8 Å². The van der Waals surface area contributed by atoms with Gasteiger partial charge in [0.15, 0.2) is 10.7 Å². The maximum atomic E-state index is 13.3. The molecule has 0 aliphatic carbocycles. The van der Waals surface area contributed by atoms with Crippen LogP contribution >= 0.6 is 11.3 Å². The van der Waals surface area contributed by atoms with Crippen LogP contribution in [0.15, 0.2) is 11.6 Å². The smallest absolute Gasteiger partial charge is 0.274 e. The van der Waals surface area contributed by atoms with E-state index in [9.17, 15) is 9.59 Å². The molecule has 152 valence electrons. The van der Waals surface area contributed by atoms with Crippen molar-refractivity contribution in [3.63, 3.8) is 0 Å². The molecule has 2 aliphatic rings. The molecule has 2 aromatic rings. The monoisotopic (exact) mass is 403 g/mol. The van der Waals surface area contributed by atoms with Crippen molar-refractivity contribution in [1.82, 2.24) is 19.2 Å². The zero-order valence-electron chi connectivity index (χ0n) is 16.3. The molecule has 0 unspecified atom stereocenters. The van der Waals surface area contributed by atoms with E-state index in [0.717, 1.165) is 56.0 Å². The molecule has 2 N–H and O–H groups in total. The van der Waals surface area contributed by atoms with Crippen LogP contribution in [0.4, 0.5) is 0 Å². The van der Waals surface area contributed by atoms with E-state index in [1.54, 1.807) is 11.3 Å². The van der Waals surface area contributed by atoms with Crippen molar-refractivity contribution in [3.05, 3.63) is 23.0 Å². The quantitative estimate of drug-likeness (QED) is 0.850. The number of imidazole rings is 1. The highest BCUT2D eigenvalue weighted by Gasteiger charge is 2.29. The van der Waals surface area contributed by atoms with E-state index in [1.807, 2.05) is 20.9 Å². The van der Waals surface area contributed by atoms with Crippen LogP contribution in [0.5, 0.6) is 0 Å². The van der Waals surface area contributed by atoms with Gasteiger partial charge in [-0.25, -0.2) is 4.98 Å². The minimum atomic E-state index is -0.226. The first kappa shape index (κ1) is 19.4. The summed E-state index contributed by atoms with van der Waals surface area (Å²) in [6.07, 6.45) is 9.58. The average Bonchev–Trinajstić information content (AvgIpc) is 3.24. The van der Waals surface area contributed by atoms with E-state index in [-0.39, 0.29) is 17.7 Å². The molecule has 28 heavy (non-hydrogen) atoms. The van der Waals surface area contributed by atoms with Gasteiger partial charge in [-0.05, 0) is 32.2 Å². The normalized spacial score (nSPS) is 22.1. The molecule has 2 aromatic heterocycles. The number of nitrogens with two attached hydrogens (primary N) is 1. The number of hydrogen-bond acceptors (Lipinski definition) is 5. The van der Waals surface area contributed by atoms with Gasteiger partial charge in [-0.2, -0.15) is 0 Å². The van der Waals surface area contributed by atoms with Crippen molar-refractivity contribution in [3.8, 4) is 0 Å². The number of likely N-dealkylation sites (tertiary alicyclic amines) is 2. The molecule has 2 fully saturated rings. The number of thiazole rings is 1. The standard InChI is InChI=1S/C20H29N5O2S/c21-18(26)15-7-6-8-23(13-15)14-16-17(22-20-25(16)11-12-28-20)19(27)24-9-4-2-1-3-5-10-24/h11-12,15H,1-10,13-14H2,(H2,21,26)/t15-/m0/s1. The van der Waals surface area contributed by atoms with Gasteiger partial charge in [0.1, 0.15) is 0 Å². The molecule has 2 aliphatic heterocycles. The minimum absolute atomic E-state index is 0.0521. The van der Waals surface area contributed by atoms with Crippen LogP contribution in [0.25, 0.3) is 4.96 Å². The lowest BCUT2D eigenvalue weighted by molar-refractivity contribution is -0.123. The number of rotatable bonds is 4. The van der Waals surface area contributed by atoms with Gasteiger partial charge >= 0.3 is 0 Å². The van der Waals surface area contributed by atoms with Crippen LogP contribution in [-0.4, -0.2) is 57.2 Å². The minimum Gasteiger partial charge on any atom is -0.369 e. The van der Waals surface area contributed by atoms with Crippen LogP contribution in [-0.2, 0) is 11.3 Å². The van der Waals surface area contributed by atoms with Gasteiger partial charge in [-0.15, -0.1) is 11.3 Å². The second-order valence-corrected chi connectivity index (χ2v) is 8.87. The largest absolute Gasteiger partial charge is 0.369 e. The Morgan fingerprint density at radius 3 is 2.61 bits per heavy atom. The number of carbonyl (C=O) groups is 2. The maximum Gasteiger partial charge on any atom is 0.274 e. The summed E-state index contributed by atoms with van der Waals surface area (Å²) in [5.41, 5.74) is 7.05. The second-order valence-electron chi connectivity index (χ2n) is 8.00. The van der Waals surface area contributed by atoms with Gasteiger partial charge < -0.3 is 10.6 Å². The summed E-state index contributed by atoms with van der Waals surface area (Å²) in [4.78, 5) is 34.7. The fourth-order valence-electron chi connectivity index (χ4n) is 4.40. The number of piperidine rings is 1. The van der Waals surface area contributed by atoms with E-state index in [2.05, 4.69) is 4.90 Å². The molecule has 2 saturated heterocycles. The zero-order valence-corrected chi connectivity index (χ0v) is 17.1. The van der Waals surface area contributed by atoms with Crippen LogP contribution in [0.3, 0.4) is 0 Å². The molecule has 0 radical (unpaired) electrons. The highest BCUT2D eigenvalue weighted by molar-refractivity contribution is 7.15. The van der Waals surface area contributed by atoms with Gasteiger partial charge in [0.05, 0.1) is 11.6 Å². The molecular formula is C20H29N5O2S. The number of fused-ring (bicyclic) bond motifs is 1. The first-order chi connectivity index (χ1) is 13.6. The molecular weight excluding hydrogens is 374 g/mol. The van der Waals surface area contributed by atoms with Gasteiger partial charge in [-0.3, -0.25) is 18.9 Å². The van der Waals surface area contributed by atoms with Crippen LogP contribution < -0.4 is 5.73 Å². The van der Waals surface area contributed by atoms with Crippen molar-refractivity contribution < 1.29 is 9.59 Å². The summed E-state index contributed by atoms with van der Waals surface area (Å²) in [6, 6.07) is 0. The molecule has 0 saturated carbocycles. The topological polar surface area (TPSA) is 83.9 Å². The van der Waals surface area contributed by atoms with Gasteiger partial charge in [0.2, 0.25) is 5.91 Å². The Balaban J connectivity index is 1.58. The van der Waals surface area contributed by atoms with Crippen LogP contribution in [0.1, 0.15) is 61.1 Å². The Morgan fingerprint density at radius 1 is 1.11 bits per heavy atom. The fourth-order valence-corrected chi connectivity index (χ4v) is 5.13. The van der Waals surface area contributed by atoms with E-state index >= 15 is 0 Å². The Morgan fingerprint density at radius 2 is 1.86 bits per heavy atom. The zero-order chi connectivity index (χ0) is 19.5. The number of carbonyl (C=O) groups excluding carboxylic acids is 2. The lowest BCUT2D eigenvalue weighted by Gasteiger charge is -2.31. The SMILES string of the molecule is NC(=O)[C@H]1CCCN(Cc2c(C(=O)N3CCCCCCC3)nc3sccn23)C1.